The van der Waals surface area contributed by atoms with E-state index < -0.39 is 5.97 Å². The van der Waals surface area contributed by atoms with Crippen LogP contribution in [-0.4, -0.2) is 23.7 Å². The fourth-order valence-corrected chi connectivity index (χ4v) is 2.54. The van der Waals surface area contributed by atoms with Gasteiger partial charge in [-0.25, -0.2) is 0 Å². The highest BCUT2D eigenvalue weighted by Crippen LogP contribution is 2.40. The van der Waals surface area contributed by atoms with Crippen LogP contribution in [0.4, 0.5) is 0 Å². The molecule has 0 heterocycles. The van der Waals surface area contributed by atoms with E-state index in [2.05, 4.69) is 20.8 Å². The minimum Gasteiger partial charge on any atom is -0.481 e. The number of unbranched alkanes of at least 4 members (excludes halogenated alkanes) is 1. The average Bonchev–Trinajstić information content (AvgIpc) is 2.42. The first-order chi connectivity index (χ1) is 9.76. The van der Waals surface area contributed by atoms with E-state index in [1.165, 1.54) is 0 Å². The number of hydrogen-bond donors (Lipinski definition) is 1. The number of esters is 1. The molecule has 1 N–H and O–H groups in total. The van der Waals surface area contributed by atoms with Crippen molar-refractivity contribution in [3.05, 3.63) is 0 Å². The van der Waals surface area contributed by atoms with Gasteiger partial charge in [0, 0.05) is 6.42 Å². The second-order valence-electron chi connectivity index (χ2n) is 6.60. The van der Waals surface area contributed by atoms with E-state index in [0.29, 0.717) is 18.9 Å². The molecule has 4 nitrogen and oxygen atoms in total. The maximum absolute atomic E-state index is 12.4. The summed E-state index contributed by atoms with van der Waals surface area (Å²) in [5.41, 5.74) is -0.314. The van der Waals surface area contributed by atoms with Crippen molar-refractivity contribution in [2.24, 2.45) is 17.3 Å². The van der Waals surface area contributed by atoms with Gasteiger partial charge in [-0.2, -0.15) is 0 Å². The maximum atomic E-state index is 12.4. The van der Waals surface area contributed by atoms with E-state index in [9.17, 15) is 9.59 Å². The van der Waals surface area contributed by atoms with Gasteiger partial charge in [-0.3, -0.25) is 9.59 Å². The molecule has 0 aliphatic rings. The SMILES string of the molecule is CCCCOC(=O)C(CC(C)C)C(C)(CC)CCC(=O)O. The number of carbonyl (C=O) groups is 2. The number of ether oxygens (including phenoxy) is 1. The zero-order valence-electron chi connectivity index (χ0n) is 14.3. The monoisotopic (exact) mass is 300 g/mol. The van der Waals surface area contributed by atoms with Gasteiger partial charge in [-0.15, -0.1) is 0 Å². The zero-order chi connectivity index (χ0) is 16.5. The van der Waals surface area contributed by atoms with Crippen LogP contribution in [0.2, 0.25) is 0 Å². The molecule has 21 heavy (non-hydrogen) atoms. The third-order valence-corrected chi connectivity index (χ3v) is 4.29. The third-order valence-electron chi connectivity index (χ3n) is 4.29. The lowest BCUT2D eigenvalue weighted by atomic mass is 9.69. The van der Waals surface area contributed by atoms with Crippen molar-refractivity contribution in [1.82, 2.24) is 0 Å². The Kier molecular flexibility index (Phi) is 9.31. The summed E-state index contributed by atoms with van der Waals surface area (Å²) >= 11 is 0. The fraction of sp³-hybridized carbons (Fsp3) is 0.882. The second-order valence-corrected chi connectivity index (χ2v) is 6.60. The number of carboxylic acids is 1. The lowest BCUT2D eigenvalue weighted by molar-refractivity contribution is -0.155. The Balaban J connectivity index is 4.96. The van der Waals surface area contributed by atoms with E-state index in [-0.39, 0.29) is 23.7 Å². The molecule has 0 radical (unpaired) electrons. The van der Waals surface area contributed by atoms with Crippen LogP contribution in [-0.2, 0) is 14.3 Å². The molecule has 4 heteroatoms. The Morgan fingerprint density at radius 1 is 1.24 bits per heavy atom. The molecular weight excluding hydrogens is 268 g/mol. The van der Waals surface area contributed by atoms with Gasteiger partial charge >= 0.3 is 11.9 Å². The van der Waals surface area contributed by atoms with Crippen LogP contribution in [0, 0.1) is 17.3 Å². The minimum absolute atomic E-state index is 0.0984. The summed E-state index contributed by atoms with van der Waals surface area (Å²) in [6.07, 6.45) is 4.00. The van der Waals surface area contributed by atoms with Gasteiger partial charge < -0.3 is 9.84 Å². The van der Waals surface area contributed by atoms with Crippen molar-refractivity contribution in [1.29, 1.82) is 0 Å². The molecule has 0 aromatic heterocycles. The lowest BCUT2D eigenvalue weighted by Crippen LogP contribution is -2.36. The van der Waals surface area contributed by atoms with Crippen LogP contribution >= 0.6 is 0 Å². The molecule has 0 aromatic rings. The summed E-state index contributed by atoms with van der Waals surface area (Å²) in [4.78, 5) is 23.3. The highest BCUT2D eigenvalue weighted by molar-refractivity contribution is 5.73. The number of carboxylic acid groups (broad SMARTS) is 1. The third kappa shape index (κ3) is 7.49. The van der Waals surface area contributed by atoms with E-state index in [0.717, 1.165) is 25.7 Å². The zero-order valence-corrected chi connectivity index (χ0v) is 14.3. The Morgan fingerprint density at radius 2 is 1.86 bits per heavy atom. The summed E-state index contributed by atoms with van der Waals surface area (Å²) in [5, 5.41) is 8.93. The van der Waals surface area contributed by atoms with Crippen LogP contribution < -0.4 is 0 Å². The molecule has 0 aliphatic heterocycles. The highest BCUT2D eigenvalue weighted by atomic mass is 16.5. The van der Waals surface area contributed by atoms with Gasteiger partial charge in [0.05, 0.1) is 12.5 Å². The van der Waals surface area contributed by atoms with E-state index in [4.69, 9.17) is 9.84 Å². The van der Waals surface area contributed by atoms with Crippen LogP contribution in [0.25, 0.3) is 0 Å². The maximum Gasteiger partial charge on any atom is 0.309 e. The smallest absolute Gasteiger partial charge is 0.309 e. The van der Waals surface area contributed by atoms with Crippen molar-refractivity contribution in [2.45, 2.75) is 73.1 Å². The predicted molar refractivity (Wildman–Crippen MR) is 84.1 cm³/mol. The highest BCUT2D eigenvalue weighted by Gasteiger charge is 2.39. The molecule has 0 spiro atoms. The van der Waals surface area contributed by atoms with Gasteiger partial charge in [0.1, 0.15) is 0 Å². The van der Waals surface area contributed by atoms with Crippen molar-refractivity contribution in [3.8, 4) is 0 Å². The topological polar surface area (TPSA) is 63.6 Å². The molecule has 0 amide bonds. The number of hydrogen-bond acceptors (Lipinski definition) is 3. The molecule has 2 atom stereocenters. The number of carbonyl (C=O) groups excluding carboxylic acids is 1. The second kappa shape index (κ2) is 9.80. The summed E-state index contributed by atoms with van der Waals surface area (Å²) in [5.74, 6) is -0.813. The molecule has 0 aliphatic carbocycles. The average molecular weight is 300 g/mol. The summed E-state index contributed by atoms with van der Waals surface area (Å²) in [6, 6.07) is 0. The van der Waals surface area contributed by atoms with Gasteiger partial charge in [0.2, 0.25) is 0 Å². The van der Waals surface area contributed by atoms with E-state index in [1.807, 2.05) is 13.8 Å². The molecule has 0 saturated heterocycles. The molecule has 0 saturated carbocycles. The van der Waals surface area contributed by atoms with Gasteiger partial charge in [-0.1, -0.05) is 41.0 Å². The van der Waals surface area contributed by atoms with E-state index in [1.54, 1.807) is 0 Å². The normalized spacial score (nSPS) is 15.5. The predicted octanol–water partition coefficient (Wildman–Crippen LogP) is 4.27. The summed E-state index contributed by atoms with van der Waals surface area (Å²) in [7, 11) is 0. The van der Waals surface area contributed by atoms with Crippen LogP contribution in [0.5, 0.6) is 0 Å². The summed E-state index contributed by atoms with van der Waals surface area (Å²) in [6.45, 7) is 10.7. The first-order valence-electron chi connectivity index (χ1n) is 8.15. The van der Waals surface area contributed by atoms with E-state index >= 15 is 0 Å². The summed E-state index contributed by atoms with van der Waals surface area (Å²) < 4.78 is 5.41. The van der Waals surface area contributed by atoms with Gasteiger partial charge in [0.15, 0.2) is 0 Å². The van der Waals surface area contributed by atoms with Crippen molar-refractivity contribution in [2.75, 3.05) is 6.61 Å². The molecule has 124 valence electrons. The minimum atomic E-state index is -0.808. The molecular formula is C17H32O4. The first-order valence-corrected chi connectivity index (χ1v) is 8.15. The van der Waals surface area contributed by atoms with Crippen LogP contribution in [0.3, 0.4) is 0 Å². The molecule has 0 bridgehead atoms. The fourth-order valence-electron chi connectivity index (χ4n) is 2.54. The van der Waals surface area contributed by atoms with Gasteiger partial charge in [0.25, 0.3) is 0 Å². The largest absolute Gasteiger partial charge is 0.481 e. The number of aliphatic carboxylic acids is 1. The number of rotatable bonds is 11. The Labute approximate surface area is 129 Å². The lowest BCUT2D eigenvalue weighted by Gasteiger charge is -2.36. The molecule has 0 fully saturated rings. The Bertz CT molecular complexity index is 325. The molecule has 0 rings (SSSR count). The van der Waals surface area contributed by atoms with Crippen molar-refractivity contribution < 1.29 is 19.4 Å². The van der Waals surface area contributed by atoms with Crippen LogP contribution in [0.1, 0.15) is 73.1 Å². The van der Waals surface area contributed by atoms with Gasteiger partial charge in [-0.05, 0) is 37.0 Å². The Morgan fingerprint density at radius 3 is 2.29 bits per heavy atom. The molecule has 2 unspecified atom stereocenters. The Hall–Kier alpha value is -1.06. The van der Waals surface area contributed by atoms with Crippen molar-refractivity contribution in [3.63, 3.8) is 0 Å². The quantitative estimate of drug-likeness (QED) is 0.457. The standard InChI is InChI=1S/C17H32O4/c1-6-8-11-21-16(20)14(12-13(3)4)17(5,7-2)10-9-15(18)19/h13-14H,6-12H2,1-5H3,(H,18,19). The van der Waals surface area contributed by atoms with Crippen molar-refractivity contribution >= 4 is 11.9 Å². The molecule has 0 aromatic carbocycles. The van der Waals surface area contributed by atoms with Crippen LogP contribution in [0.15, 0.2) is 0 Å². The first kappa shape index (κ1) is 19.9.